The standard InChI is InChI=1S/C20H25ClN2O4S/c1-5-18(20(24)22-13-15-8-6-14(2)7-9-15)23(28(4,25)26)16-10-11-19(27-3)17(21)12-16/h6-12,18H,5,13H2,1-4H3,(H,22,24)/t18-/m1/s1. The van der Waals surface area contributed by atoms with Gasteiger partial charge < -0.3 is 10.1 Å². The lowest BCUT2D eigenvalue weighted by atomic mass is 10.1. The van der Waals surface area contributed by atoms with E-state index in [1.807, 2.05) is 31.2 Å². The van der Waals surface area contributed by atoms with Gasteiger partial charge in [0.1, 0.15) is 11.8 Å². The number of amides is 1. The fraction of sp³-hybridized carbons (Fsp3) is 0.350. The summed E-state index contributed by atoms with van der Waals surface area (Å²) in [6, 6.07) is 11.5. The fourth-order valence-electron chi connectivity index (χ4n) is 2.87. The van der Waals surface area contributed by atoms with Gasteiger partial charge in [0.25, 0.3) is 0 Å². The second kappa shape index (κ2) is 9.30. The summed E-state index contributed by atoms with van der Waals surface area (Å²) in [4.78, 5) is 12.8. The number of hydrogen-bond acceptors (Lipinski definition) is 4. The van der Waals surface area contributed by atoms with E-state index in [1.165, 1.54) is 13.2 Å². The summed E-state index contributed by atoms with van der Waals surface area (Å²) in [5, 5.41) is 3.09. The van der Waals surface area contributed by atoms with Crippen LogP contribution in [0.3, 0.4) is 0 Å². The van der Waals surface area contributed by atoms with Crippen LogP contribution < -0.4 is 14.4 Å². The molecule has 0 saturated carbocycles. The number of ether oxygens (including phenoxy) is 1. The normalized spacial score (nSPS) is 12.3. The minimum atomic E-state index is -3.73. The van der Waals surface area contributed by atoms with E-state index in [4.69, 9.17) is 16.3 Å². The second-order valence-corrected chi connectivity index (χ2v) is 8.77. The highest BCUT2D eigenvalue weighted by molar-refractivity contribution is 7.92. The Morgan fingerprint density at radius 1 is 1.21 bits per heavy atom. The van der Waals surface area contributed by atoms with Crippen LogP contribution >= 0.6 is 11.6 Å². The van der Waals surface area contributed by atoms with Crippen LogP contribution in [0, 0.1) is 6.92 Å². The Morgan fingerprint density at radius 3 is 2.36 bits per heavy atom. The molecule has 0 aliphatic rings. The molecule has 0 aliphatic heterocycles. The highest BCUT2D eigenvalue weighted by Gasteiger charge is 2.31. The van der Waals surface area contributed by atoms with Crippen LogP contribution in [0.4, 0.5) is 5.69 Å². The Bertz CT molecular complexity index is 930. The van der Waals surface area contributed by atoms with E-state index in [1.54, 1.807) is 19.1 Å². The van der Waals surface area contributed by atoms with E-state index in [0.29, 0.717) is 24.4 Å². The minimum absolute atomic E-state index is 0.267. The largest absolute Gasteiger partial charge is 0.495 e. The van der Waals surface area contributed by atoms with Crippen LogP contribution in [0.5, 0.6) is 5.75 Å². The molecule has 0 unspecified atom stereocenters. The zero-order valence-electron chi connectivity index (χ0n) is 16.4. The molecule has 28 heavy (non-hydrogen) atoms. The molecule has 2 rings (SSSR count). The SMILES string of the molecule is CC[C@H](C(=O)NCc1ccc(C)cc1)N(c1ccc(OC)c(Cl)c1)S(C)(=O)=O. The lowest BCUT2D eigenvalue weighted by Gasteiger charge is -2.30. The summed E-state index contributed by atoms with van der Waals surface area (Å²) < 4.78 is 31.2. The lowest BCUT2D eigenvalue weighted by Crippen LogP contribution is -2.49. The molecule has 152 valence electrons. The van der Waals surface area contributed by atoms with Gasteiger partial charge in [0, 0.05) is 6.54 Å². The van der Waals surface area contributed by atoms with E-state index >= 15 is 0 Å². The van der Waals surface area contributed by atoms with Crippen molar-refractivity contribution in [1.29, 1.82) is 0 Å². The molecule has 0 spiro atoms. The van der Waals surface area contributed by atoms with E-state index in [9.17, 15) is 13.2 Å². The maximum absolute atomic E-state index is 12.8. The molecule has 1 atom stereocenters. The second-order valence-electron chi connectivity index (χ2n) is 6.51. The number of nitrogens with zero attached hydrogens (tertiary/aromatic N) is 1. The molecular formula is C20H25ClN2O4S. The third-order valence-corrected chi connectivity index (χ3v) is 5.78. The monoisotopic (exact) mass is 424 g/mol. The van der Waals surface area contributed by atoms with Crippen LogP contribution in [-0.4, -0.2) is 33.7 Å². The lowest BCUT2D eigenvalue weighted by molar-refractivity contribution is -0.122. The van der Waals surface area contributed by atoms with Crippen LogP contribution in [-0.2, 0) is 21.4 Å². The van der Waals surface area contributed by atoms with Crippen molar-refractivity contribution >= 4 is 33.2 Å². The van der Waals surface area contributed by atoms with Crippen molar-refractivity contribution < 1.29 is 17.9 Å². The van der Waals surface area contributed by atoms with Crippen LogP contribution in [0.15, 0.2) is 42.5 Å². The first-order chi connectivity index (χ1) is 13.2. The van der Waals surface area contributed by atoms with Gasteiger partial charge in [-0.2, -0.15) is 0 Å². The Balaban J connectivity index is 2.28. The minimum Gasteiger partial charge on any atom is -0.495 e. The van der Waals surface area contributed by atoms with E-state index in [2.05, 4.69) is 5.32 Å². The van der Waals surface area contributed by atoms with Crippen molar-refractivity contribution in [3.63, 3.8) is 0 Å². The topological polar surface area (TPSA) is 75.7 Å². The number of carbonyl (C=O) groups excluding carboxylic acids is 1. The zero-order valence-corrected chi connectivity index (χ0v) is 18.0. The summed E-state index contributed by atoms with van der Waals surface area (Å²) >= 11 is 6.16. The maximum atomic E-state index is 12.8. The first-order valence-electron chi connectivity index (χ1n) is 8.83. The summed E-state index contributed by atoms with van der Waals surface area (Å²) in [6.07, 6.45) is 1.37. The summed E-state index contributed by atoms with van der Waals surface area (Å²) in [5.74, 6) is 0.0520. The molecule has 0 radical (unpaired) electrons. The van der Waals surface area contributed by atoms with Gasteiger partial charge >= 0.3 is 0 Å². The molecule has 2 aromatic rings. The highest BCUT2D eigenvalue weighted by atomic mass is 35.5. The molecule has 0 aromatic heterocycles. The molecule has 6 nitrogen and oxygen atoms in total. The molecule has 0 aliphatic carbocycles. The van der Waals surface area contributed by atoms with Crippen molar-refractivity contribution in [1.82, 2.24) is 5.32 Å². The van der Waals surface area contributed by atoms with Crippen molar-refractivity contribution in [3.05, 3.63) is 58.6 Å². The molecule has 0 saturated heterocycles. The third-order valence-electron chi connectivity index (χ3n) is 4.31. The molecule has 0 fully saturated rings. The first kappa shape index (κ1) is 22.0. The fourth-order valence-corrected chi connectivity index (χ4v) is 4.32. The van der Waals surface area contributed by atoms with E-state index in [-0.39, 0.29) is 10.9 Å². The number of aryl methyl sites for hydroxylation is 1. The number of hydrogen-bond donors (Lipinski definition) is 1. The van der Waals surface area contributed by atoms with Crippen molar-refractivity contribution in [2.24, 2.45) is 0 Å². The molecular weight excluding hydrogens is 400 g/mol. The molecule has 1 N–H and O–H groups in total. The highest BCUT2D eigenvalue weighted by Crippen LogP contribution is 2.31. The van der Waals surface area contributed by atoms with Crippen molar-refractivity contribution in [3.8, 4) is 5.75 Å². The van der Waals surface area contributed by atoms with Gasteiger partial charge in [0.05, 0.1) is 24.1 Å². The number of methoxy groups -OCH3 is 1. The van der Waals surface area contributed by atoms with Crippen molar-refractivity contribution in [2.75, 3.05) is 17.7 Å². The van der Waals surface area contributed by atoms with Gasteiger partial charge in [-0.05, 0) is 37.1 Å². The number of carbonyl (C=O) groups is 1. The third kappa shape index (κ3) is 5.39. The Labute approximate surface area is 171 Å². The van der Waals surface area contributed by atoms with Crippen LogP contribution in [0.1, 0.15) is 24.5 Å². The Kier molecular flexibility index (Phi) is 7.32. The maximum Gasteiger partial charge on any atom is 0.244 e. The molecule has 0 heterocycles. The van der Waals surface area contributed by atoms with Gasteiger partial charge in [-0.3, -0.25) is 9.10 Å². The molecule has 8 heteroatoms. The zero-order chi connectivity index (χ0) is 20.9. The quantitative estimate of drug-likeness (QED) is 0.703. The van der Waals surface area contributed by atoms with Crippen molar-refractivity contribution in [2.45, 2.75) is 32.9 Å². The smallest absolute Gasteiger partial charge is 0.244 e. The van der Waals surface area contributed by atoms with E-state index < -0.39 is 16.1 Å². The van der Waals surface area contributed by atoms with Gasteiger partial charge in [-0.15, -0.1) is 0 Å². The Hall–Kier alpha value is -2.25. The number of anilines is 1. The van der Waals surface area contributed by atoms with Gasteiger partial charge in [0.2, 0.25) is 15.9 Å². The molecule has 1 amide bonds. The molecule has 2 aromatic carbocycles. The molecule has 0 bridgehead atoms. The predicted octanol–water partition coefficient (Wildman–Crippen LogP) is 3.52. The first-order valence-corrected chi connectivity index (χ1v) is 11.1. The van der Waals surface area contributed by atoms with E-state index in [0.717, 1.165) is 21.7 Å². The van der Waals surface area contributed by atoms with Crippen LogP contribution in [0.2, 0.25) is 5.02 Å². The predicted molar refractivity (Wildman–Crippen MR) is 112 cm³/mol. The summed E-state index contributed by atoms with van der Waals surface area (Å²) in [5.41, 5.74) is 2.37. The van der Waals surface area contributed by atoms with Crippen LogP contribution in [0.25, 0.3) is 0 Å². The number of nitrogens with one attached hydrogen (secondary N) is 1. The number of benzene rings is 2. The number of sulfonamides is 1. The van der Waals surface area contributed by atoms with Gasteiger partial charge in [-0.1, -0.05) is 48.4 Å². The average molecular weight is 425 g/mol. The van der Waals surface area contributed by atoms with Gasteiger partial charge in [0.15, 0.2) is 0 Å². The number of rotatable bonds is 8. The summed E-state index contributed by atoms with van der Waals surface area (Å²) in [7, 11) is -2.25. The number of halogens is 1. The summed E-state index contributed by atoms with van der Waals surface area (Å²) in [6.45, 7) is 4.06. The Morgan fingerprint density at radius 2 is 1.86 bits per heavy atom. The average Bonchev–Trinajstić information content (AvgIpc) is 2.64. The van der Waals surface area contributed by atoms with Gasteiger partial charge in [-0.25, -0.2) is 8.42 Å².